The van der Waals surface area contributed by atoms with Crippen LogP contribution >= 0.6 is 19.1 Å². The number of rotatable bonds is 2. The third-order valence-corrected chi connectivity index (χ3v) is 10.3. The van der Waals surface area contributed by atoms with Crippen LogP contribution in [0.3, 0.4) is 0 Å². The summed E-state index contributed by atoms with van der Waals surface area (Å²) in [5, 5.41) is 1.40. The predicted octanol–water partition coefficient (Wildman–Crippen LogP) is 4.63. The van der Waals surface area contributed by atoms with Crippen molar-refractivity contribution in [1.29, 1.82) is 0 Å². The maximum atomic E-state index is 6.59. The Labute approximate surface area is 111 Å². The largest absolute Gasteiger partial charge is 0.0790 e. The van der Waals surface area contributed by atoms with Crippen LogP contribution in [0.5, 0.6) is 0 Å². The standard InChI is InChI=1S/C14H18ClPSi/c1-10-11(2)14(17(3)4)16(13(10)15)12-8-6-5-7-9-12/h5-9,17H,1-4H3. The summed E-state index contributed by atoms with van der Waals surface area (Å²) in [6.07, 6.45) is 0. The van der Waals surface area contributed by atoms with Crippen molar-refractivity contribution in [2.75, 3.05) is 0 Å². The van der Waals surface area contributed by atoms with Crippen LogP contribution in [-0.2, 0) is 0 Å². The summed E-state index contributed by atoms with van der Waals surface area (Å²) in [5.74, 6) is 0. The van der Waals surface area contributed by atoms with Gasteiger partial charge < -0.3 is 0 Å². The summed E-state index contributed by atoms with van der Waals surface area (Å²) < 4.78 is 1.10. The Morgan fingerprint density at radius 3 is 2.12 bits per heavy atom. The summed E-state index contributed by atoms with van der Waals surface area (Å²) in [5.41, 5.74) is 2.78. The van der Waals surface area contributed by atoms with E-state index in [1.165, 1.54) is 16.4 Å². The molecule has 0 amide bonds. The van der Waals surface area contributed by atoms with Crippen molar-refractivity contribution < 1.29 is 0 Å². The summed E-state index contributed by atoms with van der Waals surface area (Å²) in [4.78, 5) is 1.67. The monoisotopic (exact) mass is 280 g/mol. The average Bonchev–Trinajstić information content (AvgIpc) is 2.55. The van der Waals surface area contributed by atoms with Crippen LogP contribution in [-0.4, -0.2) is 8.80 Å². The van der Waals surface area contributed by atoms with Gasteiger partial charge >= 0.3 is 0 Å². The smallest absolute Gasteiger partial charge is 0.0706 e. The van der Waals surface area contributed by atoms with E-state index in [1.54, 1.807) is 4.92 Å². The highest BCUT2D eigenvalue weighted by molar-refractivity contribution is 7.66. The van der Waals surface area contributed by atoms with Gasteiger partial charge in [0.1, 0.15) is 0 Å². The molecular formula is C14H18ClPSi. The minimum Gasteiger partial charge on any atom is -0.0790 e. The summed E-state index contributed by atoms with van der Waals surface area (Å²) in [6, 6.07) is 10.7. The van der Waals surface area contributed by atoms with Crippen molar-refractivity contribution in [3.8, 4) is 5.30 Å². The van der Waals surface area contributed by atoms with Crippen molar-refractivity contribution in [2.24, 2.45) is 0 Å². The number of halogens is 1. The van der Waals surface area contributed by atoms with Crippen LogP contribution in [0.2, 0.25) is 17.8 Å². The highest BCUT2D eigenvalue weighted by Gasteiger charge is 2.20. The van der Waals surface area contributed by atoms with Gasteiger partial charge in [0.2, 0.25) is 0 Å². The lowest BCUT2D eigenvalue weighted by atomic mass is 10.2. The summed E-state index contributed by atoms with van der Waals surface area (Å²) >= 11 is 6.59. The Hall–Kier alpha value is -0.493. The first-order valence-electron chi connectivity index (χ1n) is 5.96. The lowest BCUT2D eigenvalue weighted by Gasteiger charge is -2.10. The molecule has 0 aliphatic heterocycles. The van der Waals surface area contributed by atoms with E-state index in [1.807, 2.05) is 0 Å². The molecule has 0 saturated heterocycles. The molecule has 0 N–H and O–H groups in total. The third-order valence-electron chi connectivity index (χ3n) is 3.25. The Bertz CT molecular complexity index is 529. The molecule has 0 aliphatic rings. The average molecular weight is 281 g/mol. The summed E-state index contributed by atoms with van der Waals surface area (Å²) in [7, 11) is -1.20. The molecule has 0 spiro atoms. The van der Waals surface area contributed by atoms with Crippen LogP contribution in [0.1, 0.15) is 11.1 Å². The van der Waals surface area contributed by atoms with Crippen LogP contribution in [0.25, 0.3) is 5.30 Å². The zero-order valence-electron chi connectivity index (χ0n) is 10.8. The molecule has 1 heterocycles. The van der Waals surface area contributed by atoms with Crippen molar-refractivity contribution in [2.45, 2.75) is 26.9 Å². The van der Waals surface area contributed by atoms with Gasteiger partial charge in [-0.05, 0) is 35.2 Å². The van der Waals surface area contributed by atoms with Gasteiger partial charge in [-0.15, -0.1) is 0 Å². The quantitative estimate of drug-likeness (QED) is 0.704. The highest BCUT2D eigenvalue weighted by Crippen LogP contribution is 2.48. The van der Waals surface area contributed by atoms with E-state index < -0.39 is 16.3 Å². The molecule has 0 saturated carbocycles. The first-order valence-corrected chi connectivity index (χ1v) is 10.6. The lowest BCUT2D eigenvalue weighted by Crippen LogP contribution is -2.22. The fraction of sp³-hybridized carbons (Fsp3) is 0.286. The van der Waals surface area contributed by atoms with Gasteiger partial charge in [0, 0.05) is 0 Å². The van der Waals surface area contributed by atoms with Gasteiger partial charge in [-0.2, -0.15) is 0 Å². The first kappa shape index (κ1) is 13.0. The Morgan fingerprint density at radius 1 is 1.00 bits per heavy atom. The maximum Gasteiger partial charge on any atom is 0.0706 e. The number of hydrogen-bond acceptors (Lipinski definition) is 0. The molecule has 0 bridgehead atoms. The second-order valence-corrected chi connectivity index (χ2v) is 10.9. The van der Waals surface area contributed by atoms with Gasteiger partial charge in [-0.1, -0.05) is 62.6 Å². The van der Waals surface area contributed by atoms with Gasteiger partial charge in [0.15, 0.2) is 0 Å². The van der Waals surface area contributed by atoms with Crippen molar-refractivity contribution in [3.05, 3.63) is 46.2 Å². The van der Waals surface area contributed by atoms with Gasteiger partial charge in [-0.25, -0.2) is 0 Å². The topological polar surface area (TPSA) is 0 Å². The van der Waals surface area contributed by atoms with Gasteiger partial charge in [0.25, 0.3) is 0 Å². The minimum absolute atomic E-state index is 0.397. The maximum absolute atomic E-state index is 6.59. The highest BCUT2D eigenvalue weighted by atomic mass is 35.5. The zero-order valence-corrected chi connectivity index (χ0v) is 13.6. The van der Waals surface area contributed by atoms with Crippen LogP contribution < -0.4 is 4.92 Å². The van der Waals surface area contributed by atoms with Crippen LogP contribution in [0.15, 0.2) is 30.3 Å². The third kappa shape index (κ3) is 2.24. The van der Waals surface area contributed by atoms with E-state index >= 15 is 0 Å². The lowest BCUT2D eigenvalue weighted by molar-refractivity contribution is 1.42. The van der Waals surface area contributed by atoms with Crippen molar-refractivity contribution in [1.82, 2.24) is 0 Å². The van der Waals surface area contributed by atoms with E-state index in [0.29, 0.717) is 0 Å². The number of hydrogen-bond donors (Lipinski definition) is 0. The van der Waals surface area contributed by atoms with Crippen molar-refractivity contribution >= 4 is 32.8 Å². The molecule has 90 valence electrons. The SMILES string of the molecule is Cc1c(C)c([SiH](C)C)p(-c2ccccc2)c1Cl. The molecule has 1 aromatic carbocycles. The summed E-state index contributed by atoms with van der Waals surface area (Å²) in [6.45, 7) is 9.21. The van der Waals surface area contributed by atoms with E-state index in [-0.39, 0.29) is 0 Å². The Kier molecular flexibility index (Phi) is 3.82. The van der Waals surface area contributed by atoms with E-state index in [4.69, 9.17) is 11.6 Å². The second-order valence-electron chi connectivity index (χ2n) is 4.75. The van der Waals surface area contributed by atoms with Crippen LogP contribution in [0.4, 0.5) is 0 Å². The Morgan fingerprint density at radius 2 is 1.59 bits per heavy atom. The normalized spacial score (nSPS) is 12.2. The molecule has 2 rings (SSSR count). The molecule has 2 aromatic rings. The first-order chi connectivity index (χ1) is 8.04. The molecule has 0 fully saturated rings. The predicted molar refractivity (Wildman–Crippen MR) is 83.5 cm³/mol. The number of benzene rings is 1. The molecule has 1 atom stereocenters. The molecule has 0 nitrogen and oxygen atoms in total. The molecule has 0 radical (unpaired) electrons. The van der Waals surface area contributed by atoms with Crippen molar-refractivity contribution in [3.63, 3.8) is 0 Å². The molecule has 3 heteroatoms. The van der Waals surface area contributed by atoms with Crippen LogP contribution in [0, 0.1) is 13.8 Å². The van der Waals surface area contributed by atoms with E-state index in [9.17, 15) is 0 Å². The fourth-order valence-corrected chi connectivity index (χ4v) is 9.44. The minimum atomic E-state index is -0.803. The van der Waals surface area contributed by atoms with E-state index in [2.05, 4.69) is 57.3 Å². The van der Waals surface area contributed by atoms with Gasteiger partial charge in [0.05, 0.1) is 13.6 Å². The molecule has 1 unspecified atom stereocenters. The second kappa shape index (κ2) is 5.02. The molecular weight excluding hydrogens is 263 g/mol. The fourth-order valence-electron chi connectivity index (χ4n) is 2.31. The molecule has 1 aromatic heterocycles. The molecule has 17 heavy (non-hydrogen) atoms. The molecule has 0 aliphatic carbocycles. The zero-order chi connectivity index (χ0) is 12.6. The van der Waals surface area contributed by atoms with Gasteiger partial charge in [-0.3, -0.25) is 0 Å². The van der Waals surface area contributed by atoms with E-state index in [0.717, 1.165) is 4.75 Å². The Balaban J connectivity index is 2.73.